The van der Waals surface area contributed by atoms with Gasteiger partial charge in [0.2, 0.25) is 0 Å². The van der Waals surface area contributed by atoms with E-state index in [4.69, 9.17) is 0 Å². The van der Waals surface area contributed by atoms with E-state index < -0.39 is 7.26 Å². The molecule has 1 aliphatic rings. The maximum Gasteiger partial charge on any atom is 0.144 e. The molecule has 0 saturated heterocycles. The summed E-state index contributed by atoms with van der Waals surface area (Å²) in [4.78, 5) is 5.02. The standard InChI is InChI=1S/C33H41F3N2P/c1-21(2)37(22(3)4)31-32(38(23(5)6)24(7)8)33(31)39(28-15-9-25(34)10-16-28,29-17-11-26(35)12-18-29)30-19-13-27(36)14-20-30/h9-24,31H,1-8H3/q+1. The molecule has 1 aliphatic carbocycles. The molecule has 0 bridgehead atoms. The average molecular weight is 554 g/mol. The number of halogens is 3. The Morgan fingerprint density at radius 2 is 0.821 bits per heavy atom. The monoisotopic (exact) mass is 553 g/mol. The van der Waals surface area contributed by atoms with Gasteiger partial charge in [0, 0.05) is 24.2 Å². The summed E-state index contributed by atoms with van der Waals surface area (Å²) in [6, 6.07) is 21.2. The molecular formula is C33H41F3N2P+. The molecule has 4 rings (SSSR count). The van der Waals surface area contributed by atoms with Gasteiger partial charge in [-0.05, 0) is 128 Å². The fraction of sp³-hybridized carbons (Fsp3) is 0.394. The van der Waals surface area contributed by atoms with Gasteiger partial charge in [-0.2, -0.15) is 0 Å². The van der Waals surface area contributed by atoms with Crippen molar-refractivity contribution in [1.29, 1.82) is 0 Å². The number of hydrogen-bond acceptors (Lipinski definition) is 2. The van der Waals surface area contributed by atoms with Crippen molar-refractivity contribution in [2.24, 2.45) is 0 Å². The molecule has 0 aliphatic heterocycles. The summed E-state index contributed by atoms with van der Waals surface area (Å²) in [5.41, 5.74) is 1.27. The van der Waals surface area contributed by atoms with Crippen LogP contribution in [0.15, 0.2) is 83.8 Å². The van der Waals surface area contributed by atoms with E-state index in [0.29, 0.717) is 0 Å². The van der Waals surface area contributed by atoms with E-state index >= 15 is 0 Å². The summed E-state index contributed by atoms with van der Waals surface area (Å²) < 4.78 is 43.0. The van der Waals surface area contributed by atoms with Gasteiger partial charge in [-0.15, -0.1) is 0 Å². The second-order valence-corrected chi connectivity index (χ2v) is 14.9. The van der Waals surface area contributed by atoms with Gasteiger partial charge >= 0.3 is 0 Å². The molecule has 0 saturated carbocycles. The van der Waals surface area contributed by atoms with Crippen LogP contribution in [0.1, 0.15) is 55.4 Å². The highest BCUT2D eigenvalue weighted by molar-refractivity contribution is 7.99. The molecule has 0 aromatic heterocycles. The molecule has 39 heavy (non-hydrogen) atoms. The van der Waals surface area contributed by atoms with Gasteiger partial charge in [-0.25, -0.2) is 13.2 Å². The summed E-state index contributed by atoms with van der Waals surface area (Å²) in [6.45, 7) is 17.7. The highest BCUT2D eigenvalue weighted by Gasteiger charge is 2.65. The zero-order valence-corrected chi connectivity index (χ0v) is 25.2. The van der Waals surface area contributed by atoms with Crippen LogP contribution in [0.3, 0.4) is 0 Å². The van der Waals surface area contributed by atoms with Crippen LogP contribution in [0.25, 0.3) is 0 Å². The molecule has 1 unspecified atom stereocenters. The van der Waals surface area contributed by atoms with E-state index in [2.05, 4.69) is 65.2 Å². The van der Waals surface area contributed by atoms with Crippen LogP contribution >= 0.6 is 7.26 Å². The molecule has 0 heterocycles. The van der Waals surface area contributed by atoms with Gasteiger partial charge in [0.05, 0.1) is 5.70 Å². The van der Waals surface area contributed by atoms with Gasteiger partial charge in [0.15, 0.2) is 0 Å². The Labute approximate surface area is 232 Å². The molecule has 1 atom stereocenters. The van der Waals surface area contributed by atoms with Crippen molar-refractivity contribution in [3.63, 3.8) is 0 Å². The lowest BCUT2D eigenvalue weighted by Gasteiger charge is -2.36. The minimum absolute atomic E-state index is 0.0447. The second-order valence-electron chi connectivity index (χ2n) is 11.5. The molecule has 2 nitrogen and oxygen atoms in total. The molecule has 3 aromatic carbocycles. The van der Waals surface area contributed by atoms with E-state index in [1.54, 1.807) is 0 Å². The summed E-state index contributed by atoms with van der Waals surface area (Å²) in [7, 11) is -2.66. The van der Waals surface area contributed by atoms with Crippen LogP contribution < -0.4 is 15.9 Å². The fourth-order valence-electron chi connectivity index (χ4n) is 6.30. The first kappa shape index (κ1) is 29.4. The van der Waals surface area contributed by atoms with E-state index in [1.165, 1.54) is 47.4 Å². The molecule has 0 N–H and O–H groups in total. The van der Waals surface area contributed by atoms with Crippen molar-refractivity contribution in [2.75, 3.05) is 0 Å². The predicted molar refractivity (Wildman–Crippen MR) is 160 cm³/mol. The van der Waals surface area contributed by atoms with E-state index in [0.717, 1.165) is 15.9 Å². The van der Waals surface area contributed by atoms with Crippen LogP contribution in [0.5, 0.6) is 0 Å². The van der Waals surface area contributed by atoms with Crippen molar-refractivity contribution in [2.45, 2.75) is 85.6 Å². The third-order valence-electron chi connectivity index (χ3n) is 7.58. The molecular weight excluding hydrogens is 512 g/mol. The predicted octanol–water partition coefficient (Wildman–Crippen LogP) is 7.23. The summed E-state index contributed by atoms with van der Waals surface area (Å²) >= 11 is 0. The van der Waals surface area contributed by atoms with Gasteiger partial charge in [-0.3, -0.25) is 4.90 Å². The third-order valence-corrected chi connectivity index (χ3v) is 12.0. The average Bonchev–Trinajstić information content (AvgIpc) is 3.55. The van der Waals surface area contributed by atoms with Gasteiger partial charge < -0.3 is 4.90 Å². The number of rotatable bonds is 10. The lowest BCUT2D eigenvalue weighted by molar-refractivity contribution is 0.145. The lowest BCUT2D eigenvalue weighted by atomic mass is 10.2. The smallest absolute Gasteiger partial charge is 0.144 e. The molecule has 0 spiro atoms. The SMILES string of the molecule is CC(C)N(C1=C([P+](c2ccc(F)cc2)(c2ccc(F)cc2)c2ccc(F)cc2)C1N(C(C)C)C(C)C)C(C)C. The number of benzene rings is 3. The van der Waals surface area contributed by atoms with Gasteiger partial charge in [0.1, 0.15) is 52.0 Å². The van der Waals surface area contributed by atoms with Crippen molar-refractivity contribution in [1.82, 2.24) is 9.80 Å². The Kier molecular flexibility index (Phi) is 8.64. The molecule has 208 valence electrons. The van der Waals surface area contributed by atoms with Crippen LogP contribution in [-0.4, -0.2) is 40.0 Å². The highest BCUT2D eigenvalue weighted by atomic mass is 31.2. The summed E-state index contributed by atoms with van der Waals surface area (Å²) in [5, 5.41) is 4.18. The first-order valence-electron chi connectivity index (χ1n) is 13.9. The van der Waals surface area contributed by atoms with E-state index in [9.17, 15) is 13.2 Å². The summed E-state index contributed by atoms with van der Waals surface area (Å²) in [6.07, 6.45) is 0. The van der Waals surface area contributed by atoms with E-state index in [1.807, 2.05) is 36.4 Å². The van der Waals surface area contributed by atoms with Crippen molar-refractivity contribution in [3.8, 4) is 0 Å². The minimum Gasteiger partial charge on any atom is -0.365 e. The largest absolute Gasteiger partial charge is 0.365 e. The third kappa shape index (κ3) is 5.41. The summed E-state index contributed by atoms with van der Waals surface area (Å²) in [5.74, 6) is -0.934. The Bertz CT molecular complexity index is 1170. The second kappa shape index (κ2) is 11.5. The Balaban J connectivity index is 2.16. The Morgan fingerprint density at radius 1 is 0.513 bits per heavy atom. The van der Waals surface area contributed by atoms with Gasteiger partial charge in [0.25, 0.3) is 0 Å². The van der Waals surface area contributed by atoms with Crippen LogP contribution in [0.4, 0.5) is 13.2 Å². The maximum atomic E-state index is 14.3. The highest BCUT2D eigenvalue weighted by Crippen LogP contribution is 2.72. The first-order valence-corrected chi connectivity index (χ1v) is 15.7. The van der Waals surface area contributed by atoms with Crippen molar-refractivity contribution < 1.29 is 13.2 Å². The Hall–Kier alpha value is -2.62. The maximum absolute atomic E-state index is 14.3. The fourth-order valence-corrected chi connectivity index (χ4v) is 11.0. The first-order chi connectivity index (χ1) is 18.4. The van der Waals surface area contributed by atoms with Gasteiger partial charge in [-0.1, -0.05) is 0 Å². The molecule has 6 heteroatoms. The van der Waals surface area contributed by atoms with Crippen LogP contribution in [0, 0.1) is 17.5 Å². The Morgan fingerprint density at radius 3 is 1.08 bits per heavy atom. The zero-order chi connectivity index (χ0) is 28.6. The lowest BCUT2D eigenvalue weighted by Crippen LogP contribution is -2.45. The topological polar surface area (TPSA) is 6.48 Å². The molecule has 0 amide bonds. The normalized spacial score (nSPS) is 15.8. The zero-order valence-electron chi connectivity index (χ0n) is 24.3. The molecule has 3 aromatic rings. The number of nitrogens with zero attached hydrogens (tertiary/aromatic N) is 2. The van der Waals surface area contributed by atoms with Crippen molar-refractivity contribution in [3.05, 3.63) is 101 Å². The van der Waals surface area contributed by atoms with Crippen molar-refractivity contribution >= 4 is 23.2 Å². The minimum atomic E-state index is -2.66. The molecule has 0 radical (unpaired) electrons. The molecule has 0 fully saturated rings. The number of hydrogen-bond donors (Lipinski definition) is 0. The van der Waals surface area contributed by atoms with E-state index in [-0.39, 0.29) is 47.7 Å². The van der Waals surface area contributed by atoms with Crippen LogP contribution in [-0.2, 0) is 0 Å². The quantitative estimate of drug-likeness (QED) is 0.245. The van der Waals surface area contributed by atoms with Crippen LogP contribution in [0.2, 0.25) is 0 Å².